The third-order valence-corrected chi connectivity index (χ3v) is 3.91. The molecule has 0 aliphatic carbocycles. The fraction of sp³-hybridized carbons (Fsp3) is 0.316. The number of aromatic nitrogens is 4. The van der Waals surface area contributed by atoms with Gasteiger partial charge in [-0.3, -0.25) is 9.48 Å². The molecule has 0 fully saturated rings. The van der Waals surface area contributed by atoms with Crippen LogP contribution in [0.1, 0.15) is 6.92 Å². The molecule has 2 heterocycles. The van der Waals surface area contributed by atoms with Gasteiger partial charge >= 0.3 is 12.2 Å². The van der Waals surface area contributed by atoms with E-state index in [2.05, 4.69) is 14.8 Å². The van der Waals surface area contributed by atoms with Crippen LogP contribution in [0.4, 0.5) is 17.6 Å². The van der Waals surface area contributed by atoms with E-state index in [1.165, 1.54) is 48.1 Å². The van der Waals surface area contributed by atoms with Gasteiger partial charge < -0.3 is 9.47 Å². The van der Waals surface area contributed by atoms with Crippen molar-refractivity contribution in [3.63, 3.8) is 0 Å². The molecule has 3 aromatic rings. The Hall–Kier alpha value is -3.37. The second-order valence-corrected chi connectivity index (χ2v) is 6.43. The van der Waals surface area contributed by atoms with Crippen molar-refractivity contribution in [1.29, 1.82) is 0 Å². The second kappa shape index (κ2) is 8.56. The summed E-state index contributed by atoms with van der Waals surface area (Å²) in [6, 6.07) is 8.08. The van der Waals surface area contributed by atoms with Crippen molar-refractivity contribution in [2.75, 3.05) is 13.2 Å². The van der Waals surface area contributed by atoms with Gasteiger partial charge in [-0.15, -0.1) is 0 Å². The van der Waals surface area contributed by atoms with E-state index in [0.717, 1.165) is 4.57 Å². The molecule has 1 aromatic carbocycles. The zero-order valence-electron chi connectivity index (χ0n) is 16.1. The van der Waals surface area contributed by atoms with Gasteiger partial charge in [0.05, 0.1) is 17.1 Å². The number of hydrogen-bond acceptors (Lipinski definition) is 5. The van der Waals surface area contributed by atoms with Crippen LogP contribution in [0, 0.1) is 0 Å². The van der Waals surface area contributed by atoms with Gasteiger partial charge in [0.2, 0.25) is 0 Å². The lowest BCUT2D eigenvalue weighted by atomic mass is 10.2. The number of nitrogens with zero attached hydrogens (tertiary/aromatic N) is 4. The molecular weight excluding hydrogens is 408 g/mol. The van der Waals surface area contributed by atoms with Crippen LogP contribution in [-0.4, -0.2) is 44.9 Å². The fourth-order valence-electron chi connectivity index (χ4n) is 2.60. The Labute approximate surface area is 168 Å². The Morgan fingerprint density at radius 1 is 1.13 bits per heavy atom. The van der Waals surface area contributed by atoms with Crippen molar-refractivity contribution >= 4 is 0 Å². The first-order valence-electron chi connectivity index (χ1n) is 8.83. The molecule has 7 nitrogen and oxygen atoms in total. The smallest absolute Gasteiger partial charge is 0.422 e. The van der Waals surface area contributed by atoms with Crippen LogP contribution in [0.3, 0.4) is 0 Å². The monoisotopic (exact) mass is 426 g/mol. The van der Waals surface area contributed by atoms with Crippen LogP contribution in [0.15, 0.2) is 47.4 Å². The fourth-order valence-corrected chi connectivity index (χ4v) is 2.60. The molecule has 0 saturated heterocycles. The maximum Gasteiger partial charge on any atom is 0.422 e. The first-order valence-corrected chi connectivity index (χ1v) is 8.83. The summed E-state index contributed by atoms with van der Waals surface area (Å²) in [4.78, 5) is 17.1. The van der Waals surface area contributed by atoms with E-state index in [-0.39, 0.29) is 29.7 Å². The minimum absolute atomic E-state index is 0.0246. The highest BCUT2D eigenvalue weighted by atomic mass is 19.4. The van der Waals surface area contributed by atoms with Crippen molar-refractivity contribution in [2.45, 2.75) is 19.3 Å². The van der Waals surface area contributed by atoms with E-state index >= 15 is 0 Å². The summed E-state index contributed by atoms with van der Waals surface area (Å²) in [7, 11) is 1.67. The third-order valence-electron chi connectivity index (χ3n) is 3.91. The van der Waals surface area contributed by atoms with Gasteiger partial charge in [0.15, 0.2) is 6.61 Å². The highest BCUT2D eigenvalue weighted by Crippen LogP contribution is 2.23. The summed E-state index contributed by atoms with van der Waals surface area (Å²) in [5.74, 6) is -0.0246. The third kappa shape index (κ3) is 5.16. The lowest BCUT2D eigenvalue weighted by Crippen LogP contribution is -2.23. The molecule has 3 rings (SSSR count). The number of halogens is 4. The van der Waals surface area contributed by atoms with E-state index in [4.69, 9.17) is 4.74 Å². The number of benzene rings is 1. The predicted molar refractivity (Wildman–Crippen MR) is 99.7 cm³/mol. The van der Waals surface area contributed by atoms with Crippen LogP contribution in [0.25, 0.3) is 17.1 Å². The summed E-state index contributed by atoms with van der Waals surface area (Å²) in [5, 5.41) is 4.02. The quantitative estimate of drug-likeness (QED) is 0.542. The highest BCUT2D eigenvalue weighted by Gasteiger charge is 2.28. The molecular formula is C19H18F4N4O3. The van der Waals surface area contributed by atoms with Gasteiger partial charge in [-0.1, -0.05) is 0 Å². The average molecular weight is 426 g/mol. The molecule has 0 amide bonds. The van der Waals surface area contributed by atoms with E-state index in [1.54, 1.807) is 13.1 Å². The van der Waals surface area contributed by atoms with Crippen LogP contribution >= 0.6 is 0 Å². The van der Waals surface area contributed by atoms with Crippen LogP contribution in [0.5, 0.6) is 11.8 Å². The Bertz CT molecular complexity index is 1060. The van der Waals surface area contributed by atoms with Crippen LogP contribution in [-0.2, 0) is 7.05 Å². The van der Waals surface area contributed by atoms with Gasteiger partial charge in [-0.25, -0.2) is 8.96 Å². The van der Waals surface area contributed by atoms with Gasteiger partial charge in [-0.2, -0.15) is 23.3 Å². The molecule has 1 unspecified atom stereocenters. The summed E-state index contributed by atoms with van der Waals surface area (Å²) in [6.45, 7) is -0.482. The predicted octanol–water partition coefficient (Wildman–Crippen LogP) is 3.31. The SMILES string of the molecule is CC(F)COc1nc(-c2ccnn2C)cc(=O)n1-c1ccc(OCC(F)(F)F)cc1. The first kappa shape index (κ1) is 21.3. The molecule has 0 bridgehead atoms. The highest BCUT2D eigenvalue weighted by molar-refractivity contribution is 5.54. The first-order chi connectivity index (χ1) is 14.1. The van der Waals surface area contributed by atoms with Crippen molar-refractivity contribution in [2.24, 2.45) is 7.05 Å². The molecule has 0 aliphatic rings. The Kier molecular flexibility index (Phi) is 6.09. The van der Waals surface area contributed by atoms with Crippen LogP contribution in [0.2, 0.25) is 0 Å². The molecule has 1 atom stereocenters. The average Bonchev–Trinajstić information content (AvgIpc) is 3.10. The number of rotatable bonds is 7. The molecule has 11 heteroatoms. The minimum atomic E-state index is -4.47. The standard InChI is InChI=1S/C19H18F4N4O3/c1-12(20)10-29-18-25-15(16-7-8-24-26(16)2)9-17(28)27(18)13-3-5-14(6-4-13)30-11-19(21,22)23/h3-9,12H,10-11H2,1-2H3. The number of ether oxygens (including phenoxy) is 2. The normalized spacial score (nSPS) is 12.6. The van der Waals surface area contributed by atoms with E-state index < -0.39 is 24.5 Å². The number of hydrogen-bond donors (Lipinski definition) is 0. The molecule has 0 spiro atoms. The van der Waals surface area contributed by atoms with Crippen molar-refractivity contribution in [1.82, 2.24) is 19.3 Å². The van der Waals surface area contributed by atoms with E-state index in [1.807, 2.05) is 0 Å². The van der Waals surface area contributed by atoms with Crippen molar-refractivity contribution < 1.29 is 27.0 Å². The maximum atomic E-state index is 13.3. The van der Waals surface area contributed by atoms with E-state index in [9.17, 15) is 22.4 Å². The molecule has 160 valence electrons. The summed E-state index contributed by atoms with van der Waals surface area (Å²) in [6.07, 6.45) is -4.24. The lowest BCUT2D eigenvalue weighted by Gasteiger charge is -2.15. The largest absolute Gasteiger partial charge is 0.484 e. The Balaban J connectivity index is 1.98. The van der Waals surface area contributed by atoms with Crippen molar-refractivity contribution in [3.8, 4) is 28.8 Å². The molecule has 0 saturated carbocycles. The topological polar surface area (TPSA) is 71.2 Å². The number of aryl methyl sites for hydroxylation is 1. The van der Waals surface area contributed by atoms with Gasteiger partial charge in [-0.05, 0) is 37.3 Å². The van der Waals surface area contributed by atoms with Gasteiger partial charge in [0, 0.05) is 19.3 Å². The van der Waals surface area contributed by atoms with Gasteiger partial charge in [0.1, 0.15) is 18.5 Å². The molecule has 30 heavy (non-hydrogen) atoms. The van der Waals surface area contributed by atoms with Gasteiger partial charge in [0.25, 0.3) is 5.56 Å². The molecule has 0 N–H and O–H groups in total. The molecule has 2 aromatic heterocycles. The second-order valence-electron chi connectivity index (χ2n) is 6.43. The maximum absolute atomic E-state index is 13.3. The lowest BCUT2D eigenvalue weighted by molar-refractivity contribution is -0.153. The van der Waals surface area contributed by atoms with Crippen molar-refractivity contribution in [3.05, 3.63) is 52.9 Å². The van der Waals surface area contributed by atoms with E-state index in [0.29, 0.717) is 5.69 Å². The Morgan fingerprint density at radius 2 is 1.83 bits per heavy atom. The summed E-state index contributed by atoms with van der Waals surface area (Å²) in [5.41, 5.74) is 0.577. The zero-order valence-corrected chi connectivity index (χ0v) is 16.1. The minimum Gasteiger partial charge on any atom is -0.484 e. The molecule has 0 aliphatic heterocycles. The molecule has 0 radical (unpaired) electrons. The zero-order chi connectivity index (χ0) is 21.9. The summed E-state index contributed by atoms with van der Waals surface area (Å²) >= 11 is 0. The number of alkyl halides is 4. The van der Waals surface area contributed by atoms with Crippen LogP contribution < -0.4 is 15.0 Å². The summed E-state index contributed by atoms with van der Waals surface area (Å²) < 4.78 is 62.9. The Morgan fingerprint density at radius 3 is 2.40 bits per heavy atom.